The van der Waals surface area contributed by atoms with Gasteiger partial charge in [0.15, 0.2) is 0 Å². The van der Waals surface area contributed by atoms with Crippen molar-refractivity contribution in [3.63, 3.8) is 0 Å². The molecule has 4 rings (SSSR count). The third-order valence-corrected chi connectivity index (χ3v) is 6.66. The molecule has 0 radical (unpaired) electrons. The van der Waals surface area contributed by atoms with Gasteiger partial charge in [-0.15, -0.1) is 11.3 Å². The lowest BCUT2D eigenvalue weighted by Crippen LogP contribution is -2.54. The maximum absolute atomic E-state index is 13.0. The number of thiazole rings is 1. The Bertz CT molecular complexity index is 955. The zero-order valence-corrected chi connectivity index (χ0v) is 17.3. The molecule has 2 heterocycles. The van der Waals surface area contributed by atoms with Gasteiger partial charge in [0.1, 0.15) is 12.1 Å². The van der Waals surface area contributed by atoms with Crippen LogP contribution < -0.4 is 10.6 Å². The Balaban J connectivity index is 1.40. The Morgan fingerprint density at radius 3 is 2.72 bits per heavy atom. The first-order valence-electron chi connectivity index (χ1n) is 9.85. The lowest BCUT2D eigenvalue weighted by atomic mass is 9.73. The summed E-state index contributed by atoms with van der Waals surface area (Å²) < 4.78 is 0. The Morgan fingerprint density at radius 2 is 2.07 bits per heavy atom. The SMILES string of the molecule is Cc1nc(-c2ccc(NC(=O)CN3C(=O)N[C@@]4(CCCC[C@@H]4C)C3=O)cc2)cs1. The molecule has 1 aliphatic carbocycles. The molecular formula is C21H24N4O3S. The van der Waals surface area contributed by atoms with E-state index >= 15 is 0 Å². The van der Waals surface area contributed by atoms with Gasteiger partial charge in [0.05, 0.1) is 10.7 Å². The van der Waals surface area contributed by atoms with Gasteiger partial charge in [0.25, 0.3) is 5.91 Å². The minimum atomic E-state index is -0.844. The molecular weight excluding hydrogens is 388 g/mol. The van der Waals surface area contributed by atoms with Crippen LogP contribution in [0.2, 0.25) is 0 Å². The van der Waals surface area contributed by atoms with Crippen LogP contribution in [0.25, 0.3) is 11.3 Å². The molecule has 0 bridgehead atoms. The third-order valence-electron chi connectivity index (χ3n) is 5.89. The average molecular weight is 413 g/mol. The second-order valence-corrected chi connectivity index (χ2v) is 8.88. The van der Waals surface area contributed by atoms with Gasteiger partial charge in [0.2, 0.25) is 5.91 Å². The second-order valence-electron chi connectivity index (χ2n) is 7.82. The summed E-state index contributed by atoms with van der Waals surface area (Å²) in [5, 5.41) is 8.62. The zero-order chi connectivity index (χ0) is 20.6. The van der Waals surface area contributed by atoms with Crippen molar-refractivity contribution in [2.45, 2.75) is 45.1 Å². The van der Waals surface area contributed by atoms with Crippen molar-refractivity contribution in [3.05, 3.63) is 34.7 Å². The Hall–Kier alpha value is -2.74. The molecule has 1 aromatic carbocycles. The number of nitrogens with zero attached hydrogens (tertiary/aromatic N) is 2. The number of hydrogen-bond donors (Lipinski definition) is 2. The van der Waals surface area contributed by atoms with Crippen LogP contribution in [0.3, 0.4) is 0 Å². The molecule has 1 saturated carbocycles. The van der Waals surface area contributed by atoms with Gasteiger partial charge in [-0.05, 0) is 37.8 Å². The molecule has 2 fully saturated rings. The molecule has 2 aliphatic rings. The monoisotopic (exact) mass is 412 g/mol. The summed E-state index contributed by atoms with van der Waals surface area (Å²) >= 11 is 1.59. The smallest absolute Gasteiger partial charge is 0.325 e. The van der Waals surface area contributed by atoms with Gasteiger partial charge in [-0.25, -0.2) is 9.78 Å². The van der Waals surface area contributed by atoms with Crippen LogP contribution >= 0.6 is 11.3 Å². The highest BCUT2D eigenvalue weighted by atomic mass is 32.1. The van der Waals surface area contributed by atoms with E-state index in [9.17, 15) is 14.4 Å². The Morgan fingerprint density at radius 1 is 1.31 bits per heavy atom. The first-order valence-corrected chi connectivity index (χ1v) is 10.7. The van der Waals surface area contributed by atoms with E-state index in [1.54, 1.807) is 23.5 Å². The number of urea groups is 1. The normalized spacial score (nSPS) is 24.1. The summed E-state index contributed by atoms with van der Waals surface area (Å²) in [6.45, 7) is 3.66. The largest absolute Gasteiger partial charge is 0.325 e. The third kappa shape index (κ3) is 3.64. The fourth-order valence-electron chi connectivity index (χ4n) is 4.20. The van der Waals surface area contributed by atoms with Gasteiger partial charge < -0.3 is 10.6 Å². The summed E-state index contributed by atoms with van der Waals surface area (Å²) in [4.78, 5) is 43.3. The van der Waals surface area contributed by atoms with E-state index in [-0.39, 0.29) is 18.4 Å². The van der Waals surface area contributed by atoms with Crippen LogP contribution in [-0.4, -0.2) is 39.8 Å². The number of nitrogens with one attached hydrogen (secondary N) is 2. The fraction of sp³-hybridized carbons (Fsp3) is 0.429. The maximum atomic E-state index is 13.0. The maximum Gasteiger partial charge on any atom is 0.325 e. The molecule has 1 saturated heterocycles. The van der Waals surface area contributed by atoms with Gasteiger partial charge in [0, 0.05) is 16.6 Å². The van der Waals surface area contributed by atoms with E-state index in [1.807, 2.05) is 31.4 Å². The van der Waals surface area contributed by atoms with E-state index in [1.165, 1.54) is 0 Å². The average Bonchev–Trinajstić information content (AvgIpc) is 3.22. The number of benzene rings is 1. The number of carbonyl (C=O) groups is 3. The van der Waals surface area contributed by atoms with Crippen molar-refractivity contribution in [3.8, 4) is 11.3 Å². The molecule has 2 aromatic rings. The minimum absolute atomic E-state index is 0.0719. The van der Waals surface area contributed by atoms with Gasteiger partial charge >= 0.3 is 6.03 Å². The van der Waals surface area contributed by atoms with E-state index in [0.29, 0.717) is 12.1 Å². The summed E-state index contributed by atoms with van der Waals surface area (Å²) in [6.07, 6.45) is 3.50. The Labute approximate surface area is 173 Å². The number of carbonyl (C=O) groups excluding carboxylic acids is 3. The van der Waals surface area contributed by atoms with Crippen molar-refractivity contribution in [2.24, 2.45) is 5.92 Å². The van der Waals surface area contributed by atoms with Crippen molar-refractivity contribution in [1.29, 1.82) is 0 Å². The minimum Gasteiger partial charge on any atom is -0.325 e. The standard InChI is InChI=1S/C21H24N4O3S/c1-13-5-3-4-10-21(13)19(27)25(20(28)24-21)11-18(26)23-16-8-6-15(7-9-16)17-12-29-14(2)22-17/h6-9,12-13H,3-5,10-11H2,1-2H3,(H,23,26)(H,24,28)/t13-,21+/m0/s1. The van der Waals surface area contributed by atoms with Crippen molar-refractivity contribution < 1.29 is 14.4 Å². The van der Waals surface area contributed by atoms with Crippen molar-refractivity contribution >= 4 is 34.9 Å². The first kappa shape index (κ1) is 19.6. The highest BCUT2D eigenvalue weighted by Crippen LogP contribution is 2.38. The molecule has 1 aromatic heterocycles. The number of amides is 4. The van der Waals surface area contributed by atoms with Crippen LogP contribution in [0.5, 0.6) is 0 Å². The Kier molecular flexibility index (Phi) is 5.12. The highest BCUT2D eigenvalue weighted by molar-refractivity contribution is 7.09. The molecule has 152 valence electrons. The zero-order valence-electron chi connectivity index (χ0n) is 16.5. The van der Waals surface area contributed by atoms with Crippen LogP contribution in [0.15, 0.2) is 29.6 Å². The van der Waals surface area contributed by atoms with Gasteiger partial charge in [-0.1, -0.05) is 31.9 Å². The molecule has 8 heteroatoms. The number of aryl methyl sites for hydroxylation is 1. The van der Waals surface area contributed by atoms with E-state index in [0.717, 1.165) is 40.4 Å². The van der Waals surface area contributed by atoms with Crippen LogP contribution in [0.1, 0.15) is 37.6 Å². The molecule has 2 N–H and O–H groups in total. The summed E-state index contributed by atoms with van der Waals surface area (Å²) in [5.41, 5.74) is 1.63. The highest BCUT2D eigenvalue weighted by Gasteiger charge is 2.55. The lowest BCUT2D eigenvalue weighted by molar-refractivity contribution is -0.136. The van der Waals surface area contributed by atoms with Gasteiger partial charge in [-0.3, -0.25) is 14.5 Å². The number of rotatable bonds is 4. The first-order chi connectivity index (χ1) is 13.9. The number of aromatic nitrogens is 1. The molecule has 4 amide bonds. The summed E-state index contributed by atoms with van der Waals surface area (Å²) in [7, 11) is 0. The van der Waals surface area contributed by atoms with E-state index in [2.05, 4.69) is 15.6 Å². The predicted molar refractivity (Wildman–Crippen MR) is 112 cm³/mol. The topological polar surface area (TPSA) is 91.4 Å². The second kappa shape index (κ2) is 7.59. The fourth-order valence-corrected chi connectivity index (χ4v) is 4.83. The molecule has 1 spiro atoms. The lowest BCUT2D eigenvalue weighted by Gasteiger charge is -2.36. The molecule has 1 aliphatic heterocycles. The van der Waals surface area contributed by atoms with Crippen LogP contribution in [0.4, 0.5) is 10.5 Å². The van der Waals surface area contributed by atoms with Crippen molar-refractivity contribution in [1.82, 2.24) is 15.2 Å². The number of anilines is 1. The summed E-state index contributed by atoms with van der Waals surface area (Å²) in [6, 6.07) is 6.87. The number of hydrogen-bond acceptors (Lipinski definition) is 5. The quantitative estimate of drug-likeness (QED) is 0.751. The molecule has 29 heavy (non-hydrogen) atoms. The van der Waals surface area contributed by atoms with Crippen LogP contribution in [0, 0.1) is 12.8 Å². The molecule has 7 nitrogen and oxygen atoms in total. The number of imide groups is 1. The van der Waals surface area contributed by atoms with Crippen LogP contribution in [-0.2, 0) is 9.59 Å². The van der Waals surface area contributed by atoms with Crippen molar-refractivity contribution in [2.75, 3.05) is 11.9 Å². The van der Waals surface area contributed by atoms with E-state index in [4.69, 9.17) is 0 Å². The molecule has 2 atom stereocenters. The van der Waals surface area contributed by atoms with Gasteiger partial charge in [-0.2, -0.15) is 0 Å². The van der Waals surface area contributed by atoms with E-state index < -0.39 is 17.5 Å². The summed E-state index contributed by atoms with van der Waals surface area (Å²) in [5.74, 6) is -0.604. The molecule has 0 unspecified atom stereocenters. The predicted octanol–water partition coefficient (Wildman–Crippen LogP) is 3.56.